The van der Waals surface area contributed by atoms with Crippen molar-refractivity contribution in [2.45, 2.75) is 17.9 Å². The van der Waals surface area contributed by atoms with Crippen LogP contribution in [0.2, 0.25) is 0 Å². The molecule has 5 nitrogen and oxygen atoms in total. The topological polar surface area (TPSA) is 67.4 Å². The van der Waals surface area contributed by atoms with E-state index < -0.39 is 29.7 Å². The van der Waals surface area contributed by atoms with Crippen LogP contribution in [-0.4, -0.2) is 24.4 Å². The lowest BCUT2D eigenvalue weighted by molar-refractivity contribution is -0.139. The van der Waals surface area contributed by atoms with Crippen molar-refractivity contribution in [2.24, 2.45) is 0 Å². The lowest BCUT2D eigenvalue weighted by Gasteiger charge is -2.29. The summed E-state index contributed by atoms with van der Waals surface area (Å²) in [6, 6.07) is 11.1. The Morgan fingerprint density at radius 2 is 1.93 bits per heavy atom. The van der Waals surface area contributed by atoms with Gasteiger partial charge in [-0.3, -0.25) is 0 Å². The molecule has 2 N–H and O–H groups in total. The molecule has 0 bridgehead atoms. The molecule has 0 spiro atoms. The Balaban J connectivity index is 1.96. The second-order valence-corrected chi connectivity index (χ2v) is 6.94. The highest BCUT2D eigenvalue weighted by Crippen LogP contribution is 2.31. The van der Waals surface area contributed by atoms with Crippen LogP contribution in [0.4, 0.5) is 13.6 Å². The molecule has 0 aliphatic carbocycles. The Morgan fingerprint density at radius 3 is 2.61 bits per heavy atom. The Morgan fingerprint density at radius 1 is 1.18 bits per heavy atom. The number of halogens is 2. The van der Waals surface area contributed by atoms with Crippen LogP contribution in [-0.2, 0) is 9.53 Å². The van der Waals surface area contributed by atoms with Crippen LogP contribution in [0, 0.1) is 11.6 Å². The van der Waals surface area contributed by atoms with E-state index in [9.17, 15) is 18.4 Å². The molecule has 1 aliphatic rings. The predicted octanol–water partition coefficient (Wildman–Crippen LogP) is 3.93. The quantitative estimate of drug-likeness (QED) is 0.566. The highest BCUT2D eigenvalue weighted by molar-refractivity contribution is 7.99. The van der Waals surface area contributed by atoms with E-state index in [1.807, 2.05) is 6.07 Å². The average molecular weight is 404 g/mol. The Bertz CT molecular complexity index is 919. The van der Waals surface area contributed by atoms with E-state index in [0.717, 1.165) is 29.5 Å². The van der Waals surface area contributed by atoms with Gasteiger partial charge in [0.15, 0.2) is 0 Å². The number of carbonyl (C=O) groups is 2. The molecule has 0 saturated heterocycles. The first kappa shape index (κ1) is 19.9. The molecule has 1 heterocycles. The summed E-state index contributed by atoms with van der Waals surface area (Å²) in [5, 5.41) is 5.35. The largest absolute Gasteiger partial charge is 0.463 e. The van der Waals surface area contributed by atoms with Crippen LogP contribution < -0.4 is 10.6 Å². The standard InChI is InChI=1S/C20H18F2N2O3S/c1-2-27-19(25)17-15(11-28-16-9-8-13(21)10-14(16)22)23-20(26)24-18(17)12-6-4-3-5-7-12/h3-10,18H,2,11H2,1H3,(H2,23,24,26). The smallest absolute Gasteiger partial charge is 0.338 e. The number of thioether (sulfide) groups is 1. The minimum absolute atomic E-state index is 0.105. The number of esters is 1. The summed E-state index contributed by atoms with van der Waals surface area (Å²) in [4.78, 5) is 25.0. The Hall–Kier alpha value is -2.87. The van der Waals surface area contributed by atoms with E-state index in [1.165, 1.54) is 6.07 Å². The lowest BCUT2D eigenvalue weighted by atomic mass is 9.95. The van der Waals surface area contributed by atoms with Crippen molar-refractivity contribution in [1.29, 1.82) is 0 Å². The van der Waals surface area contributed by atoms with Crippen LogP contribution in [0.15, 0.2) is 64.7 Å². The lowest BCUT2D eigenvalue weighted by Crippen LogP contribution is -2.46. The van der Waals surface area contributed by atoms with E-state index in [2.05, 4.69) is 10.6 Å². The fourth-order valence-electron chi connectivity index (χ4n) is 2.82. The van der Waals surface area contributed by atoms with Crippen LogP contribution in [0.5, 0.6) is 0 Å². The Kier molecular flexibility index (Phi) is 6.30. The number of urea groups is 1. The molecule has 0 radical (unpaired) electrons. The first-order valence-corrected chi connectivity index (χ1v) is 9.58. The molecule has 2 amide bonds. The van der Waals surface area contributed by atoms with Crippen molar-refractivity contribution < 1.29 is 23.1 Å². The summed E-state index contributed by atoms with van der Waals surface area (Å²) in [7, 11) is 0. The molecule has 1 atom stereocenters. The van der Waals surface area contributed by atoms with Crippen LogP contribution in [0.3, 0.4) is 0 Å². The fourth-order valence-corrected chi connectivity index (χ4v) is 3.71. The van der Waals surface area contributed by atoms with Gasteiger partial charge in [-0.15, -0.1) is 11.8 Å². The van der Waals surface area contributed by atoms with Gasteiger partial charge in [-0.05, 0) is 24.6 Å². The van der Waals surface area contributed by atoms with Crippen LogP contribution in [0.25, 0.3) is 0 Å². The van der Waals surface area contributed by atoms with Crippen molar-refractivity contribution in [3.8, 4) is 0 Å². The van der Waals surface area contributed by atoms with E-state index in [4.69, 9.17) is 4.74 Å². The average Bonchev–Trinajstić information content (AvgIpc) is 2.67. The van der Waals surface area contributed by atoms with E-state index in [-0.39, 0.29) is 22.8 Å². The van der Waals surface area contributed by atoms with Crippen LogP contribution >= 0.6 is 11.8 Å². The molecule has 0 aromatic heterocycles. The normalized spacial score (nSPS) is 16.4. The van der Waals surface area contributed by atoms with Gasteiger partial charge in [0, 0.05) is 22.4 Å². The van der Waals surface area contributed by atoms with Crippen molar-refractivity contribution in [2.75, 3.05) is 12.4 Å². The monoisotopic (exact) mass is 404 g/mol. The number of amides is 2. The molecular formula is C20H18F2N2O3S. The van der Waals surface area contributed by atoms with Gasteiger partial charge in [0.1, 0.15) is 11.6 Å². The number of ether oxygens (including phenoxy) is 1. The maximum Gasteiger partial charge on any atom is 0.338 e. The minimum Gasteiger partial charge on any atom is -0.463 e. The van der Waals surface area contributed by atoms with Gasteiger partial charge < -0.3 is 15.4 Å². The van der Waals surface area contributed by atoms with Gasteiger partial charge in [0.2, 0.25) is 0 Å². The molecule has 0 saturated carbocycles. The maximum absolute atomic E-state index is 13.9. The third kappa shape index (κ3) is 4.51. The summed E-state index contributed by atoms with van der Waals surface area (Å²) in [5.41, 5.74) is 1.29. The van der Waals surface area contributed by atoms with Gasteiger partial charge in [-0.1, -0.05) is 30.3 Å². The zero-order chi connectivity index (χ0) is 20.1. The molecule has 146 valence electrons. The maximum atomic E-state index is 13.9. The minimum atomic E-state index is -0.705. The van der Waals surface area contributed by atoms with E-state index in [1.54, 1.807) is 31.2 Å². The van der Waals surface area contributed by atoms with Gasteiger partial charge in [0.25, 0.3) is 0 Å². The molecule has 0 fully saturated rings. The van der Waals surface area contributed by atoms with E-state index in [0.29, 0.717) is 5.70 Å². The van der Waals surface area contributed by atoms with Crippen molar-refractivity contribution >= 4 is 23.8 Å². The number of benzene rings is 2. The zero-order valence-corrected chi connectivity index (χ0v) is 15.8. The van der Waals surface area contributed by atoms with Gasteiger partial charge in [-0.2, -0.15) is 0 Å². The summed E-state index contributed by atoms with van der Waals surface area (Å²) in [5.74, 6) is -1.84. The van der Waals surface area contributed by atoms with Gasteiger partial charge in [0.05, 0.1) is 18.2 Å². The summed E-state index contributed by atoms with van der Waals surface area (Å²) in [6.45, 7) is 1.86. The van der Waals surface area contributed by atoms with Gasteiger partial charge >= 0.3 is 12.0 Å². The number of rotatable bonds is 6. The number of carbonyl (C=O) groups excluding carboxylic acids is 2. The molecule has 28 heavy (non-hydrogen) atoms. The molecule has 2 aromatic rings. The summed E-state index contributed by atoms with van der Waals surface area (Å²) in [6.07, 6.45) is 0. The molecule has 8 heteroatoms. The number of hydrogen-bond acceptors (Lipinski definition) is 4. The van der Waals surface area contributed by atoms with Crippen LogP contribution in [0.1, 0.15) is 18.5 Å². The molecule has 2 aromatic carbocycles. The first-order valence-electron chi connectivity index (χ1n) is 8.60. The van der Waals surface area contributed by atoms with Gasteiger partial charge in [-0.25, -0.2) is 18.4 Å². The third-order valence-electron chi connectivity index (χ3n) is 4.05. The summed E-state index contributed by atoms with van der Waals surface area (Å²) < 4.78 is 32.2. The number of hydrogen-bond donors (Lipinski definition) is 2. The van der Waals surface area contributed by atoms with Crippen molar-refractivity contribution in [3.05, 3.63) is 77.0 Å². The van der Waals surface area contributed by atoms with E-state index >= 15 is 0 Å². The van der Waals surface area contributed by atoms with Crippen molar-refractivity contribution in [1.82, 2.24) is 10.6 Å². The highest BCUT2D eigenvalue weighted by atomic mass is 32.2. The molecule has 1 aliphatic heterocycles. The molecule has 3 rings (SSSR count). The Labute approximate surface area is 165 Å². The highest BCUT2D eigenvalue weighted by Gasteiger charge is 2.33. The first-order chi connectivity index (χ1) is 13.5. The SMILES string of the molecule is CCOC(=O)C1=C(CSc2ccc(F)cc2F)NC(=O)NC1c1ccccc1. The molecule has 1 unspecified atom stereocenters. The second-order valence-electron chi connectivity index (χ2n) is 5.92. The predicted molar refractivity (Wildman–Crippen MR) is 102 cm³/mol. The second kappa shape index (κ2) is 8.88. The third-order valence-corrected chi connectivity index (χ3v) is 5.12. The number of nitrogens with one attached hydrogen (secondary N) is 2. The van der Waals surface area contributed by atoms with Crippen molar-refractivity contribution in [3.63, 3.8) is 0 Å². The molecular weight excluding hydrogens is 386 g/mol. The zero-order valence-electron chi connectivity index (χ0n) is 15.0. The summed E-state index contributed by atoms with van der Waals surface area (Å²) >= 11 is 1.05. The fraction of sp³-hybridized carbons (Fsp3) is 0.200.